The van der Waals surface area contributed by atoms with Gasteiger partial charge in [0.15, 0.2) is 5.78 Å². The zero-order valence-corrected chi connectivity index (χ0v) is 12.3. The number of hydrogen-bond acceptors (Lipinski definition) is 3. The summed E-state index contributed by atoms with van der Waals surface area (Å²) in [5.74, 6) is 0.102. The van der Waals surface area contributed by atoms with Gasteiger partial charge in [-0.3, -0.25) is 9.48 Å². The Hall–Kier alpha value is -2.10. The Kier molecular flexibility index (Phi) is 4.23. The van der Waals surface area contributed by atoms with Crippen LogP contribution in [0.1, 0.15) is 41.2 Å². The maximum atomic E-state index is 12.4. The second kappa shape index (κ2) is 5.90. The molecule has 1 aromatic heterocycles. The average Bonchev–Trinajstić information content (AvgIpc) is 2.84. The monoisotopic (exact) mass is 271 g/mol. The molecule has 0 aliphatic heterocycles. The van der Waals surface area contributed by atoms with E-state index in [2.05, 4.69) is 12.0 Å². The highest BCUT2D eigenvalue weighted by Gasteiger charge is 2.13. The third kappa shape index (κ3) is 2.90. The predicted octanol–water partition coefficient (Wildman–Crippen LogP) is 2.78. The third-order valence-corrected chi connectivity index (χ3v) is 3.51. The molecule has 0 saturated heterocycles. The molecule has 0 unspecified atom stereocenters. The van der Waals surface area contributed by atoms with Gasteiger partial charge in [0, 0.05) is 23.5 Å². The third-order valence-electron chi connectivity index (χ3n) is 3.51. The summed E-state index contributed by atoms with van der Waals surface area (Å²) in [4.78, 5) is 12.4. The van der Waals surface area contributed by atoms with Crippen LogP contribution in [0.3, 0.4) is 0 Å². The second-order valence-corrected chi connectivity index (χ2v) is 4.97. The van der Waals surface area contributed by atoms with Crippen LogP contribution in [-0.2, 0) is 19.4 Å². The van der Waals surface area contributed by atoms with Crippen molar-refractivity contribution >= 4 is 11.5 Å². The molecule has 0 saturated carbocycles. The molecular weight excluding hydrogens is 250 g/mol. The predicted molar refractivity (Wildman–Crippen MR) is 80.9 cm³/mol. The number of nitrogens with two attached hydrogens (primary N) is 1. The molecule has 20 heavy (non-hydrogen) atoms. The molecule has 0 fully saturated rings. The Bertz CT molecular complexity index is 629. The maximum absolute atomic E-state index is 12.4. The summed E-state index contributed by atoms with van der Waals surface area (Å²) in [6.07, 6.45) is 1.26. The van der Waals surface area contributed by atoms with Crippen LogP contribution in [0.25, 0.3) is 0 Å². The summed E-state index contributed by atoms with van der Waals surface area (Å²) in [6, 6.07) is 7.45. The second-order valence-electron chi connectivity index (χ2n) is 4.97. The van der Waals surface area contributed by atoms with Crippen LogP contribution < -0.4 is 5.73 Å². The van der Waals surface area contributed by atoms with E-state index in [0.717, 1.165) is 29.9 Å². The Morgan fingerprint density at radius 2 is 2.05 bits per heavy atom. The number of hydrogen-bond donors (Lipinski definition) is 1. The molecule has 2 N–H and O–H groups in total. The van der Waals surface area contributed by atoms with Crippen LogP contribution in [0.15, 0.2) is 24.3 Å². The minimum Gasteiger partial charge on any atom is -0.399 e. The molecule has 0 aliphatic rings. The van der Waals surface area contributed by atoms with Crippen molar-refractivity contribution in [2.75, 3.05) is 5.73 Å². The SMILES string of the molecule is CCc1cc(CC(=O)c2ccc(N)c(C)c2)n(CC)n1. The van der Waals surface area contributed by atoms with Gasteiger partial charge in [0.05, 0.1) is 12.1 Å². The quantitative estimate of drug-likeness (QED) is 0.672. The van der Waals surface area contributed by atoms with Gasteiger partial charge in [-0.05, 0) is 50.1 Å². The van der Waals surface area contributed by atoms with Gasteiger partial charge >= 0.3 is 0 Å². The van der Waals surface area contributed by atoms with Crippen LogP contribution in [0.5, 0.6) is 0 Å². The maximum Gasteiger partial charge on any atom is 0.168 e. The lowest BCUT2D eigenvalue weighted by Gasteiger charge is -2.06. The number of Topliss-reactive ketones (excluding diaryl/α,β-unsaturated/α-hetero) is 1. The van der Waals surface area contributed by atoms with E-state index >= 15 is 0 Å². The first-order chi connectivity index (χ1) is 9.55. The number of aromatic nitrogens is 2. The fourth-order valence-corrected chi connectivity index (χ4v) is 2.22. The molecule has 0 atom stereocenters. The number of anilines is 1. The zero-order valence-electron chi connectivity index (χ0n) is 12.3. The van der Waals surface area contributed by atoms with E-state index in [-0.39, 0.29) is 5.78 Å². The largest absolute Gasteiger partial charge is 0.399 e. The Morgan fingerprint density at radius 3 is 2.65 bits per heavy atom. The topological polar surface area (TPSA) is 60.9 Å². The average molecular weight is 271 g/mol. The lowest BCUT2D eigenvalue weighted by Crippen LogP contribution is -2.10. The molecule has 1 heterocycles. The van der Waals surface area contributed by atoms with E-state index in [1.165, 1.54) is 0 Å². The summed E-state index contributed by atoms with van der Waals surface area (Å²) >= 11 is 0. The smallest absolute Gasteiger partial charge is 0.168 e. The Morgan fingerprint density at radius 1 is 1.30 bits per heavy atom. The summed E-state index contributed by atoms with van der Waals surface area (Å²) in [5.41, 5.74) is 10.2. The molecule has 2 aromatic rings. The molecule has 1 aromatic carbocycles. The van der Waals surface area contributed by atoms with Crippen molar-refractivity contribution in [1.82, 2.24) is 9.78 Å². The summed E-state index contributed by atoms with van der Waals surface area (Å²) in [7, 11) is 0. The Balaban J connectivity index is 2.22. The van der Waals surface area contributed by atoms with Gasteiger partial charge in [0.25, 0.3) is 0 Å². The highest BCUT2D eigenvalue weighted by molar-refractivity contribution is 5.97. The van der Waals surface area contributed by atoms with Gasteiger partial charge in [-0.15, -0.1) is 0 Å². The number of rotatable bonds is 5. The minimum absolute atomic E-state index is 0.102. The van der Waals surface area contributed by atoms with Crippen LogP contribution in [0.4, 0.5) is 5.69 Å². The van der Waals surface area contributed by atoms with E-state index in [1.54, 1.807) is 12.1 Å². The van der Waals surface area contributed by atoms with E-state index in [0.29, 0.717) is 17.7 Å². The molecule has 0 spiro atoms. The molecule has 0 radical (unpaired) electrons. The van der Waals surface area contributed by atoms with Gasteiger partial charge < -0.3 is 5.73 Å². The minimum atomic E-state index is 0.102. The lowest BCUT2D eigenvalue weighted by atomic mass is 10.0. The van der Waals surface area contributed by atoms with E-state index in [9.17, 15) is 4.79 Å². The van der Waals surface area contributed by atoms with E-state index < -0.39 is 0 Å². The molecule has 0 bridgehead atoms. The normalized spacial score (nSPS) is 10.8. The molecule has 2 rings (SSSR count). The van der Waals surface area contributed by atoms with Gasteiger partial charge in [0.2, 0.25) is 0 Å². The van der Waals surface area contributed by atoms with Crippen molar-refractivity contribution in [3.8, 4) is 0 Å². The highest BCUT2D eigenvalue weighted by atomic mass is 16.1. The first kappa shape index (κ1) is 14.3. The van der Waals surface area contributed by atoms with Crippen LogP contribution in [0.2, 0.25) is 0 Å². The van der Waals surface area contributed by atoms with Crippen molar-refractivity contribution in [2.45, 2.75) is 40.2 Å². The fourth-order valence-electron chi connectivity index (χ4n) is 2.22. The van der Waals surface area contributed by atoms with Gasteiger partial charge in [-0.25, -0.2) is 0 Å². The number of nitrogen functional groups attached to an aromatic ring is 1. The zero-order chi connectivity index (χ0) is 14.7. The first-order valence-corrected chi connectivity index (χ1v) is 7.00. The Labute approximate surface area is 119 Å². The van der Waals surface area contributed by atoms with Crippen molar-refractivity contribution in [3.05, 3.63) is 46.8 Å². The van der Waals surface area contributed by atoms with E-state index in [4.69, 9.17) is 5.73 Å². The van der Waals surface area contributed by atoms with Crippen molar-refractivity contribution in [3.63, 3.8) is 0 Å². The van der Waals surface area contributed by atoms with Gasteiger partial charge in [0.1, 0.15) is 0 Å². The first-order valence-electron chi connectivity index (χ1n) is 7.00. The van der Waals surface area contributed by atoms with Crippen LogP contribution >= 0.6 is 0 Å². The standard InChI is InChI=1S/C16H21N3O/c1-4-13-9-14(19(5-2)18-13)10-16(20)12-6-7-15(17)11(3)8-12/h6-9H,4-5,10,17H2,1-3H3. The lowest BCUT2D eigenvalue weighted by molar-refractivity contribution is 0.0990. The van der Waals surface area contributed by atoms with Crippen molar-refractivity contribution in [1.29, 1.82) is 0 Å². The summed E-state index contributed by atoms with van der Waals surface area (Å²) in [5, 5.41) is 4.47. The molecular formula is C16H21N3O. The molecule has 0 aliphatic carbocycles. The highest BCUT2D eigenvalue weighted by Crippen LogP contribution is 2.15. The molecule has 0 amide bonds. The summed E-state index contributed by atoms with van der Waals surface area (Å²) in [6.45, 7) is 6.80. The number of aryl methyl sites for hydroxylation is 3. The fraction of sp³-hybridized carbons (Fsp3) is 0.375. The van der Waals surface area contributed by atoms with Crippen molar-refractivity contribution in [2.24, 2.45) is 0 Å². The molecule has 4 nitrogen and oxygen atoms in total. The van der Waals surface area contributed by atoms with Gasteiger partial charge in [-0.1, -0.05) is 6.92 Å². The number of ketones is 1. The van der Waals surface area contributed by atoms with Crippen LogP contribution in [-0.4, -0.2) is 15.6 Å². The molecule has 106 valence electrons. The van der Waals surface area contributed by atoms with Gasteiger partial charge in [-0.2, -0.15) is 5.10 Å². The number of benzene rings is 1. The van der Waals surface area contributed by atoms with Crippen LogP contribution in [0, 0.1) is 6.92 Å². The van der Waals surface area contributed by atoms with Crippen molar-refractivity contribution < 1.29 is 4.79 Å². The number of carbonyl (C=O) groups is 1. The molecule has 4 heteroatoms. The number of nitrogens with zero attached hydrogens (tertiary/aromatic N) is 2. The van der Waals surface area contributed by atoms with E-state index in [1.807, 2.05) is 30.7 Å². The number of carbonyl (C=O) groups excluding carboxylic acids is 1. The summed E-state index contributed by atoms with van der Waals surface area (Å²) < 4.78 is 1.90.